The lowest BCUT2D eigenvalue weighted by molar-refractivity contribution is -0.135. The summed E-state index contributed by atoms with van der Waals surface area (Å²) in [6, 6.07) is 10.5. The lowest BCUT2D eigenvalue weighted by Crippen LogP contribution is -2.57. The third-order valence-electron chi connectivity index (χ3n) is 6.55. The minimum absolute atomic E-state index is 0.0168. The van der Waals surface area contributed by atoms with E-state index in [1.807, 2.05) is 11.9 Å². The van der Waals surface area contributed by atoms with Crippen molar-refractivity contribution in [3.05, 3.63) is 30.3 Å². The van der Waals surface area contributed by atoms with Crippen molar-refractivity contribution < 1.29 is 4.79 Å². The number of nitrogens with zero attached hydrogens (tertiary/aromatic N) is 5. The maximum atomic E-state index is 12.7. The van der Waals surface area contributed by atoms with Gasteiger partial charge in [0.05, 0.1) is 6.04 Å². The molecule has 7 heteroatoms. The Bertz CT molecular complexity index is 695. The third kappa shape index (κ3) is 6.60. The fourth-order valence-corrected chi connectivity index (χ4v) is 4.50. The molecular weight excluding hydrogens is 388 g/mol. The molecule has 0 radical (unpaired) electrons. The molecule has 2 heterocycles. The van der Waals surface area contributed by atoms with Crippen LogP contribution >= 0.6 is 0 Å². The second-order valence-corrected chi connectivity index (χ2v) is 8.67. The number of anilines is 1. The summed E-state index contributed by atoms with van der Waals surface area (Å²) in [6.07, 6.45) is 4.55. The van der Waals surface area contributed by atoms with Crippen LogP contribution in [0.4, 0.5) is 5.69 Å². The van der Waals surface area contributed by atoms with Crippen molar-refractivity contribution in [3.8, 4) is 0 Å². The molecule has 0 aromatic heterocycles. The zero-order valence-corrected chi connectivity index (χ0v) is 19.6. The predicted octanol–water partition coefficient (Wildman–Crippen LogP) is 2.11. The van der Waals surface area contributed by atoms with Crippen molar-refractivity contribution in [2.24, 2.45) is 4.99 Å². The van der Waals surface area contributed by atoms with Gasteiger partial charge in [-0.25, -0.2) is 0 Å². The molecule has 1 amide bonds. The number of carbonyl (C=O) groups excluding carboxylic acids is 1. The molecule has 2 aliphatic rings. The molecule has 0 saturated carbocycles. The number of carbonyl (C=O) groups is 1. The van der Waals surface area contributed by atoms with Gasteiger partial charge >= 0.3 is 0 Å². The Hall–Kier alpha value is -2.28. The monoisotopic (exact) mass is 428 g/mol. The first-order valence-corrected chi connectivity index (χ1v) is 11.8. The van der Waals surface area contributed by atoms with Gasteiger partial charge in [-0.3, -0.25) is 14.7 Å². The number of nitrogens with one attached hydrogen (secondary N) is 1. The van der Waals surface area contributed by atoms with Gasteiger partial charge in [0.1, 0.15) is 0 Å². The van der Waals surface area contributed by atoms with Gasteiger partial charge in [-0.1, -0.05) is 18.2 Å². The molecule has 1 aromatic rings. The zero-order valence-electron chi connectivity index (χ0n) is 19.6. The number of hydrogen-bond donors (Lipinski definition) is 1. The van der Waals surface area contributed by atoms with E-state index in [4.69, 9.17) is 0 Å². The van der Waals surface area contributed by atoms with Crippen molar-refractivity contribution in [2.45, 2.75) is 38.6 Å². The molecule has 31 heavy (non-hydrogen) atoms. The molecule has 1 aromatic carbocycles. The van der Waals surface area contributed by atoms with Crippen LogP contribution < -0.4 is 10.2 Å². The topological polar surface area (TPSA) is 54.4 Å². The molecule has 2 fully saturated rings. The summed E-state index contributed by atoms with van der Waals surface area (Å²) in [7, 11) is 4.01. The number of amides is 1. The number of likely N-dealkylation sites (tertiary alicyclic amines) is 1. The fourth-order valence-electron chi connectivity index (χ4n) is 4.50. The van der Waals surface area contributed by atoms with Crippen molar-refractivity contribution in [1.82, 2.24) is 20.0 Å². The number of hydrogen-bond acceptors (Lipinski definition) is 4. The second-order valence-electron chi connectivity index (χ2n) is 8.67. The van der Waals surface area contributed by atoms with Crippen LogP contribution in [0.25, 0.3) is 0 Å². The minimum atomic E-state index is -0.0168. The summed E-state index contributed by atoms with van der Waals surface area (Å²) in [6.45, 7) is 9.54. The van der Waals surface area contributed by atoms with E-state index in [9.17, 15) is 4.79 Å². The molecule has 1 unspecified atom stereocenters. The first-order chi connectivity index (χ1) is 15.1. The van der Waals surface area contributed by atoms with E-state index in [-0.39, 0.29) is 6.04 Å². The molecule has 7 nitrogen and oxygen atoms in total. The highest BCUT2D eigenvalue weighted by Crippen LogP contribution is 2.14. The Morgan fingerprint density at radius 2 is 1.71 bits per heavy atom. The molecule has 1 atom stereocenters. The van der Waals surface area contributed by atoms with E-state index < -0.39 is 0 Å². The predicted molar refractivity (Wildman–Crippen MR) is 129 cm³/mol. The lowest BCUT2D eigenvalue weighted by Gasteiger charge is -2.39. The SMILES string of the molecule is CN=C(NCCCCN(C)c1ccccc1)N1CCN(C(C)C(=O)N2CCCC2)CC1. The van der Waals surface area contributed by atoms with Crippen molar-refractivity contribution in [3.63, 3.8) is 0 Å². The maximum absolute atomic E-state index is 12.7. The highest BCUT2D eigenvalue weighted by Gasteiger charge is 2.30. The van der Waals surface area contributed by atoms with Gasteiger partial charge in [-0.2, -0.15) is 0 Å². The van der Waals surface area contributed by atoms with Gasteiger partial charge in [0, 0.05) is 72.1 Å². The number of benzene rings is 1. The number of piperazine rings is 1. The Morgan fingerprint density at radius 3 is 2.35 bits per heavy atom. The first-order valence-electron chi connectivity index (χ1n) is 11.8. The van der Waals surface area contributed by atoms with Crippen LogP contribution in [0.5, 0.6) is 0 Å². The Balaban J connectivity index is 1.34. The second kappa shape index (κ2) is 11.9. The van der Waals surface area contributed by atoms with E-state index in [1.54, 1.807) is 0 Å². The van der Waals surface area contributed by atoms with Gasteiger partial charge in [-0.15, -0.1) is 0 Å². The molecule has 2 aliphatic heterocycles. The summed E-state index contributed by atoms with van der Waals surface area (Å²) < 4.78 is 0. The van der Waals surface area contributed by atoms with Crippen LogP contribution in [-0.4, -0.2) is 99.1 Å². The summed E-state index contributed by atoms with van der Waals surface area (Å²) >= 11 is 0. The standard InChI is InChI=1S/C24H40N6O/c1-21(23(31)29-15-9-10-16-29)28-17-19-30(20-18-28)24(25-2)26-13-7-8-14-27(3)22-11-5-4-6-12-22/h4-6,11-12,21H,7-10,13-20H2,1-3H3,(H,25,26). The quantitative estimate of drug-likeness (QED) is 0.390. The van der Waals surface area contributed by atoms with Gasteiger partial charge in [0.25, 0.3) is 0 Å². The van der Waals surface area contributed by atoms with Crippen LogP contribution in [0.2, 0.25) is 0 Å². The maximum Gasteiger partial charge on any atom is 0.239 e. The average Bonchev–Trinajstić information content (AvgIpc) is 3.36. The number of rotatable bonds is 8. The van der Waals surface area contributed by atoms with Crippen LogP contribution in [0.3, 0.4) is 0 Å². The first kappa shape index (κ1) is 23.4. The summed E-state index contributed by atoms with van der Waals surface area (Å²) in [5, 5.41) is 3.53. The number of para-hydroxylation sites is 1. The third-order valence-corrected chi connectivity index (χ3v) is 6.55. The molecule has 1 N–H and O–H groups in total. The van der Waals surface area contributed by atoms with Crippen molar-refractivity contribution in [1.29, 1.82) is 0 Å². The molecule has 0 aliphatic carbocycles. The smallest absolute Gasteiger partial charge is 0.239 e. The highest BCUT2D eigenvalue weighted by atomic mass is 16.2. The molecule has 172 valence electrons. The summed E-state index contributed by atoms with van der Waals surface area (Å²) in [5.41, 5.74) is 1.27. The van der Waals surface area contributed by atoms with E-state index in [1.165, 1.54) is 5.69 Å². The molecule has 3 rings (SSSR count). The minimum Gasteiger partial charge on any atom is -0.375 e. The molecular formula is C24H40N6O. The average molecular weight is 429 g/mol. The van der Waals surface area contributed by atoms with Crippen LogP contribution in [-0.2, 0) is 4.79 Å². The molecule has 0 spiro atoms. The van der Waals surface area contributed by atoms with E-state index >= 15 is 0 Å². The molecule has 0 bridgehead atoms. The number of aliphatic imine (C=N–C) groups is 1. The van der Waals surface area contributed by atoms with E-state index in [2.05, 4.69) is 69.3 Å². The van der Waals surface area contributed by atoms with Gasteiger partial charge in [0.15, 0.2) is 5.96 Å². The van der Waals surface area contributed by atoms with E-state index in [0.717, 1.165) is 84.0 Å². The Morgan fingerprint density at radius 1 is 1.03 bits per heavy atom. The fraction of sp³-hybridized carbons (Fsp3) is 0.667. The lowest BCUT2D eigenvalue weighted by atomic mass is 10.2. The van der Waals surface area contributed by atoms with Crippen LogP contribution in [0.15, 0.2) is 35.3 Å². The van der Waals surface area contributed by atoms with Crippen molar-refractivity contribution in [2.75, 3.05) is 71.4 Å². The molecule has 2 saturated heterocycles. The summed E-state index contributed by atoms with van der Waals surface area (Å²) in [5.74, 6) is 1.28. The van der Waals surface area contributed by atoms with E-state index in [0.29, 0.717) is 5.91 Å². The van der Waals surface area contributed by atoms with Crippen LogP contribution in [0.1, 0.15) is 32.6 Å². The highest BCUT2D eigenvalue weighted by molar-refractivity contribution is 5.82. The number of guanidine groups is 1. The normalized spacial score (nSPS) is 18.9. The Labute approximate surface area is 188 Å². The number of unbranched alkanes of at least 4 members (excludes halogenated alkanes) is 1. The summed E-state index contributed by atoms with van der Waals surface area (Å²) in [4.78, 5) is 26.2. The largest absolute Gasteiger partial charge is 0.375 e. The van der Waals surface area contributed by atoms with Gasteiger partial charge < -0.3 is 20.0 Å². The van der Waals surface area contributed by atoms with Crippen molar-refractivity contribution >= 4 is 17.6 Å². The van der Waals surface area contributed by atoms with Gasteiger partial charge in [0.2, 0.25) is 5.91 Å². The zero-order chi connectivity index (χ0) is 22.1. The van der Waals surface area contributed by atoms with Gasteiger partial charge in [-0.05, 0) is 44.7 Å². The Kier molecular flexibility index (Phi) is 9.00. The van der Waals surface area contributed by atoms with Crippen LogP contribution in [0, 0.1) is 0 Å².